The minimum absolute atomic E-state index is 0.175. The van der Waals surface area contributed by atoms with Crippen molar-refractivity contribution in [2.75, 3.05) is 95.6 Å². The number of anilines is 2. The van der Waals surface area contributed by atoms with E-state index in [1.807, 2.05) is 55.2 Å². The third-order valence-electron chi connectivity index (χ3n) is 12.9. The highest BCUT2D eigenvalue weighted by Gasteiger charge is 2.26. The van der Waals surface area contributed by atoms with E-state index in [2.05, 4.69) is 35.8 Å². The predicted octanol–water partition coefficient (Wildman–Crippen LogP) is 4.74. The van der Waals surface area contributed by atoms with E-state index in [1.165, 1.54) is 23.1 Å². The Morgan fingerprint density at radius 3 is 2.01 bits per heavy atom. The molecule has 0 atom stereocenters. The molecular formula is C50H65N15O7S2. The van der Waals surface area contributed by atoms with Crippen LogP contribution >= 0.6 is 23.1 Å². The van der Waals surface area contributed by atoms with Crippen LogP contribution in [-0.2, 0) is 30.8 Å². The Hall–Kier alpha value is -6.86. The van der Waals surface area contributed by atoms with Crippen molar-refractivity contribution in [2.45, 2.75) is 71.5 Å². The van der Waals surface area contributed by atoms with Crippen molar-refractivity contribution in [1.82, 2.24) is 53.9 Å². The van der Waals surface area contributed by atoms with E-state index >= 15 is 0 Å². The molecule has 2 fully saturated rings. The Morgan fingerprint density at radius 1 is 0.770 bits per heavy atom. The first kappa shape index (κ1) is 53.4. The molecule has 0 unspecified atom stereocenters. The molecule has 2 aromatic carbocycles. The van der Waals surface area contributed by atoms with Crippen molar-refractivity contribution in [3.8, 4) is 5.75 Å². The quantitative estimate of drug-likeness (QED) is 0.0349. The maximum atomic E-state index is 14.0. The fourth-order valence-electron chi connectivity index (χ4n) is 9.19. The number of imidazole rings is 2. The molecule has 0 saturated carbocycles. The minimum atomic E-state index is -0.669. The molecule has 2 aliphatic heterocycles. The molecule has 74 heavy (non-hydrogen) atoms. The van der Waals surface area contributed by atoms with Gasteiger partial charge in [0.1, 0.15) is 21.8 Å². The topological polar surface area (TPSA) is 268 Å². The first-order chi connectivity index (χ1) is 35.7. The Bertz CT molecular complexity index is 3050. The number of nitrogens with two attached hydrogens (primary N) is 2. The molecule has 394 valence electrons. The van der Waals surface area contributed by atoms with E-state index in [9.17, 15) is 24.0 Å². The van der Waals surface area contributed by atoms with Gasteiger partial charge in [-0.2, -0.15) is 5.10 Å². The number of nitrogens with one attached hydrogen (secondary N) is 3. The van der Waals surface area contributed by atoms with Crippen LogP contribution in [0.2, 0.25) is 0 Å². The predicted molar refractivity (Wildman–Crippen MR) is 286 cm³/mol. The standard InChI is InChI=1S/C50H65N15O7S2/c1-6-35-43(74-32(4)54-35)47(69)58-49-55-36-27-33(44(51)66)29-39(71-24-10-15-61-20-22-62(23-21-61)50(70)72-25-11-14-60-18-12-53-13-19-60)41(36)63(49)16-8-9-17-64-42-37(28-34(45(52)67)30-40(42)73-5)56-48(64)57-46(68)38-26-31(3)59-65(38)7-2/h8-9,26-30,53H,6-7,10-25H2,1-5H3,(H2,51,66)(H2,52,67)(H,55,58,69)(H,56,57,68)/b9-8+. The van der Waals surface area contributed by atoms with E-state index in [4.69, 9.17) is 30.9 Å². The summed E-state index contributed by atoms with van der Waals surface area (Å²) in [6, 6.07) is 8.19. The average molecular weight is 1050 g/mol. The van der Waals surface area contributed by atoms with Crippen LogP contribution < -0.4 is 32.2 Å². The van der Waals surface area contributed by atoms with E-state index in [0.717, 1.165) is 49.0 Å². The maximum Gasteiger partial charge on any atom is 0.409 e. The van der Waals surface area contributed by atoms with Gasteiger partial charge in [-0.15, -0.1) is 23.1 Å². The second-order valence-corrected chi connectivity index (χ2v) is 20.1. The molecule has 5 amide bonds. The van der Waals surface area contributed by atoms with E-state index < -0.39 is 17.7 Å². The summed E-state index contributed by atoms with van der Waals surface area (Å²) in [5.74, 6) is -1.26. The lowest BCUT2D eigenvalue weighted by molar-refractivity contribution is 0.0717. The van der Waals surface area contributed by atoms with Gasteiger partial charge < -0.3 is 45.2 Å². The molecule has 0 radical (unpaired) electrons. The van der Waals surface area contributed by atoms with Crippen molar-refractivity contribution in [3.63, 3.8) is 0 Å². The summed E-state index contributed by atoms with van der Waals surface area (Å²) < 4.78 is 17.4. The van der Waals surface area contributed by atoms with Crippen LogP contribution in [0.4, 0.5) is 16.7 Å². The van der Waals surface area contributed by atoms with Crippen LogP contribution in [0.1, 0.15) is 84.0 Å². The van der Waals surface area contributed by atoms with Crippen molar-refractivity contribution >= 4 is 86.8 Å². The summed E-state index contributed by atoms with van der Waals surface area (Å²) in [4.78, 5) is 87.5. The lowest BCUT2D eigenvalue weighted by Gasteiger charge is -2.34. The van der Waals surface area contributed by atoms with Crippen molar-refractivity contribution in [2.24, 2.45) is 11.5 Å². The number of amides is 5. The van der Waals surface area contributed by atoms with Gasteiger partial charge in [-0.1, -0.05) is 19.1 Å². The number of primary amides is 2. The third kappa shape index (κ3) is 12.5. The lowest BCUT2D eigenvalue weighted by Crippen LogP contribution is -2.49. The molecule has 6 aromatic rings. The van der Waals surface area contributed by atoms with Crippen LogP contribution in [0.25, 0.3) is 22.1 Å². The van der Waals surface area contributed by atoms with Gasteiger partial charge in [0.25, 0.3) is 11.8 Å². The number of aromatic nitrogens is 7. The van der Waals surface area contributed by atoms with Gasteiger partial charge in [-0.3, -0.25) is 39.4 Å². The first-order valence-electron chi connectivity index (χ1n) is 25.0. The second-order valence-electron chi connectivity index (χ2n) is 18.0. The Balaban J connectivity index is 1.02. The number of thiazole rings is 1. The fraction of sp³-hybridized carbons (Fsp3) is 0.460. The zero-order valence-electron chi connectivity index (χ0n) is 42.6. The molecule has 2 aliphatic rings. The summed E-state index contributed by atoms with van der Waals surface area (Å²) in [7, 11) is 0. The maximum absolute atomic E-state index is 14.0. The molecule has 22 nitrogen and oxygen atoms in total. The summed E-state index contributed by atoms with van der Waals surface area (Å²) in [5, 5.41) is 14.5. The number of allylic oxidation sites excluding steroid dienone is 2. The highest BCUT2D eigenvalue weighted by atomic mass is 32.2. The van der Waals surface area contributed by atoms with Gasteiger partial charge in [0.05, 0.1) is 46.2 Å². The third-order valence-corrected chi connectivity index (χ3v) is 14.7. The Labute approximate surface area is 437 Å². The van der Waals surface area contributed by atoms with Gasteiger partial charge in [0, 0.05) is 101 Å². The van der Waals surface area contributed by atoms with Crippen molar-refractivity contribution < 1.29 is 33.4 Å². The summed E-state index contributed by atoms with van der Waals surface area (Å²) in [6.45, 7) is 17.2. The lowest BCUT2D eigenvalue weighted by atomic mass is 10.1. The van der Waals surface area contributed by atoms with Crippen LogP contribution in [0.5, 0.6) is 5.75 Å². The number of hydrogen-bond donors (Lipinski definition) is 5. The molecule has 24 heteroatoms. The molecule has 8 rings (SSSR count). The smallest absolute Gasteiger partial charge is 0.409 e. The molecular weight excluding hydrogens is 987 g/mol. The van der Waals surface area contributed by atoms with Crippen LogP contribution in [-0.4, -0.2) is 163 Å². The van der Waals surface area contributed by atoms with E-state index in [0.29, 0.717) is 108 Å². The highest BCUT2D eigenvalue weighted by Crippen LogP contribution is 2.34. The molecule has 0 aliphatic carbocycles. The largest absolute Gasteiger partial charge is 0.491 e. The molecule has 4 aromatic heterocycles. The minimum Gasteiger partial charge on any atom is -0.491 e. The van der Waals surface area contributed by atoms with Gasteiger partial charge >= 0.3 is 6.09 Å². The van der Waals surface area contributed by atoms with Crippen LogP contribution in [0.15, 0.2) is 47.4 Å². The van der Waals surface area contributed by atoms with Crippen LogP contribution in [0, 0.1) is 13.8 Å². The van der Waals surface area contributed by atoms with Gasteiger partial charge in [-0.25, -0.2) is 19.7 Å². The van der Waals surface area contributed by atoms with Crippen molar-refractivity contribution in [3.05, 3.63) is 80.6 Å². The number of carbonyl (C=O) groups excluding carboxylic acids is 5. The average Bonchev–Trinajstić information content (AvgIpc) is 4.17. The number of thioether (sulfide) groups is 1. The Morgan fingerprint density at radius 2 is 1.38 bits per heavy atom. The number of aryl methyl sites for hydroxylation is 4. The van der Waals surface area contributed by atoms with Gasteiger partial charge in [0.15, 0.2) is 0 Å². The summed E-state index contributed by atoms with van der Waals surface area (Å²) >= 11 is 2.71. The zero-order chi connectivity index (χ0) is 52.5. The van der Waals surface area contributed by atoms with Gasteiger partial charge in [0.2, 0.25) is 23.7 Å². The van der Waals surface area contributed by atoms with Crippen LogP contribution in [0.3, 0.4) is 0 Å². The number of nitrogens with zero attached hydrogens (tertiary/aromatic N) is 10. The molecule has 0 bridgehead atoms. The fourth-order valence-corrected chi connectivity index (χ4v) is 10.8. The highest BCUT2D eigenvalue weighted by molar-refractivity contribution is 7.98. The zero-order valence-corrected chi connectivity index (χ0v) is 44.2. The molecule has 6 heterocycles. The van der Waals surface area contributed by atoms with Crippen molar-refractivity contribution in [1.29, 1.82) is 0 Å². The normalized spacial score (nSPS) is 14.6. The Kier molecular flexibility index (Phi) is 17.7. The van der Waals surface area contributed by atoms with E-state index in [-0.39, 0.29) is 54.7 Å². The summed E-state index contributed by atoms with van der Waals surface area (Å²) in [6.07, 6.45) is 7.40. The number of rotatable bonds is 22. The van der Waals surface area contributed by atoms with E-state index in [1.54, 1.807) is 39.9 Å². The number of carbonyl (C=O) groups is 5. The number of ether oxygens (including phenoxy) is 2. The monoisotopic (exact) mass is 1050 g/mol. The number of benzene rings is 2. The second kappa shape index (κ2) is 24.4. The van der Waals surface area contributed by atoms with Gasteiger partial charge in [-0.05, 0) is 76.6 Å². The number of hydrogen-bond acceptors (Lipinski definition) is 16. The molecule has 0 spiro atoms. The molecule has 7 N–H and O–H groups in total. The number of piperazine rings is 2. The first-order valence-corrected chi connectivity index (χ1v) is 27.0. The molecule has 2 saturated heterocycles. The summed E-state index contributed by atoms with van der Waals surface area (Å²) in [5.41, 5.74) is 15.8. The number of fused-ring (bicyclic) bond motifs is 2. The SMILES string of the molecule is CCc1nc(C)sc1C(=O)Nc1nc2cc(C(N)=O)cc(OCCCN3CCN(C(=O)OCCCN4CCNCC4)CC3)c2n1C/C=C/Cn1c(NC(=O)c2cc(C)nn2CC)nc2cc(C(N)=O)cc(SC)c21.